The fourth-order valence-electron chi connectivity index (χ4n) is 6.08. The Labute approximate surface area is 278 Å². The standard InChI is InChI=1S/C34H40N6O7S/c1-20-7-13-26(48(46,47)40(2)3)18-27(20)24-6-4-5-22(15-24)16-30(32(42)36-25-12-14-28-29(17-25)39-33(43)38-28)37-31(41)23-10-8-21(9-11-23)19-35-34(44)45/h4-7,12-15,17-18,21,23,30,35H,8-11,16,19H2,1-3H3,(H,36,42)(H,37,41)(H,44,45)(H2,38,39,43)/t21-,23-,30-/m0/s1. The summed E-state index contributed by atoms with van der Waals surface area (Å²) < 4.78 is 26.8. The summed E-state index contributed by atoms with van der Waals surface area (Å²) in [5.41, 5.74) is 4.31. The summed E-state index contributed by atoms with van der Waals surface area (Å²) in [6.45, 7) is 2.23. The first-order valence-corrected chi connectivity index (χ1v) is 17.2. The number of aryl methyl sites for hydroxylation is 1. The maximum Gasteiger partial charge on any atom is 0.404 e. The quantitative estimate of drug-likeness (QED) is 0.139. The van der Waals surface area contributed by atoms with Gasteiger partial charge in [-0.05, 0) is 91.1 Å². The van der Waals surface area contributed by atoms with Gasteiger partial charge in [-0.1, -0.05) is 30.3 Å². The van der Waals surface area contributed by atoms with Crippen LogP contribution in [0, 0.1) is 18.8 Å². The smallest absolute Gasteiger partial charge is 0.404 e. The number of fused-ring (bicyclic) bond motifs is 1. The third-order valence-corrected chi connectivity index (χ3v) is 10.7. The summed E-state index contributed by atoms with van der Waals surface area (Å²) in [7, 11) is -0.702. The first-order valence-electron chi connectivity index (χ1n) is 15.7. The predicted octanol–water partition coefficient (Wildman–Crippen LogP) is 3.82. The Kier molecular flexibility index (Phi) is 10.3. The number of H-pyrrole nitrogens is 2. The number of aromatic amines is 2. The Bertz CT molecular complexity index is 1990. The van der Waals surface area contributed by atoms with Crippen molar-refractivity contribution in [3.63, 3.8) is 0 Å². The van der Waals surface area contributed by atoms with Gasteiger partial charge in [-0.15, -0.1) is 0 Å². The topological polar surface area (TPSA) is 194 Å². The second-order valence-electron chi connectivity index (χ2n) is 12.5. The van der Waals surface area contributed by atoms with Crippen molar-refractivity contribution in [3.8, 4) is 11.1 Å². The molecule has 254 valence electrons. The third-order valence-electron chi connectivity index (χ3n) is 8.84. The fourth-order valence-corrected chi connectivity index (χ4v) is 7.01. The van der Waals surface area contributed by atoms with Gasteiger partial charge in [0.1, 0.15) is 6.04 Å². The van der Waals surface area contributed by atoms with Crippen molar-refractivity contribution in [1.29, 1.82) is 0 Å². The molecule has 0 radical (unpaired) electrons. The monoisotopic (exact) mass is 676 g/mol. The lowest BCUT2D eigenvalue weighted by Crippen LogP contribution is -2.48. The number of carbonyl (C=O) groups is 3. The van der Waals surface area contributed by atoms with E-state index in [1.54, 1.807) is 36.4 Å². The van der Waals surface area contributed by atoms with Crippen molar-refractivity contribution >= 4 is 44.7 Å². The second kappa shape index (κ2) is 14.4. The zero-order valence-corrected chi connectivity index (χ0v) is 27.8. The SMILES string of the molecule is Cc1ccc(S(=O)(=O)N(C)C)cc1-c1cccc(C[C@H](NC(=O)[C@H]2CC[C@H](CNC(=O)O)CC2)C(=O)Nc2ccc3[nH]c(=O)[nH]c3c2)c1. The molecule has 1 fully saturated rings. The minimum atomic E-state index is -3.66. The molecule has 5 rings (SSSR count). The highest BCUT2D eigenvalue weighted by atomic mass is 32.2. The highest BCUT2D eigenvalue weighted by molar-refractivity contribution is 7.89. The van der Waals surface area contributed by atoms with E-state index < -0.39 is 28.1 Å². The van der Waals surface area contributed by atoms with Crippen LogP contribution in [0.3, 0.4) is 0 Å². The number of imidazole rings is 1. The maximum absolute atomic E-state index is 13.8. The van der Waals surface area contributed by atoms with E-state index in [1.165, 1.54) is 14.1 Å². The molecule has 0 aliphatic heterocycles. The van der Waals surface area contributed by atoms with Crippen molar-refractivity contribution in [2.75, 3.05) is 26.0 Å². The van der Waals surface area contributed by atoms with Crippen LogP contribution in [-0.4, -0.2) is 72.4 Å². The summed E-state index contributed by atoms with van der Waals surface area (Å²) in [5.74, 6) is -0.867. The summed E-state index contributed by atoms with van der Waals surface area (Å²) >= 11 is 0. The van der Waals surface area contributed by atoms with Gasteiger partial charge in [0.2, 0.25) is 21.8 Å². The lowest BCUT2D eigenvalue weighted by Gasteiger charge is -2.29. The molecule has 14 heteroatoms. The molecular formula is C34H40N6O7S. The predicted molar refractivity (Wildman–Crippen MR) is 182 cm³/mol. The lowest BCUT2D eigenvalue weighted by atomic mass is 9.81. The van der Waals surface area contributed by atoms with Crippen LogP contribution in [0.25, 0.3) is 22.2 Å². The molecule has 0 bridgehead atoms. The van der Waals surface area contributed by atoms with Crippen LogP contribution in [0.2, 0.25) is 0 Å². The van der Waals surface area contributed by atoms with E-state index in [4.69, 9.17) is 5.11 Å². The van der Waals surface area contributed by atoms with E-state index in [1.807, 2.05) is 31.2 Å². The van der Waals surface area contributed by atoms with E-state index in [0.29, 0.717) is 48.9 Å². The van der Waals surface area contributed by atoms with Gasteiger partial charge in [0, 0.05) is 38.7 Å². The van der Waals surface area contributed by atoms with E-state index in [-0.39, 0.29) is 34.7 Å². The van der Waals surface area contributed by atoms with Gasteiger partial charge in [0.25, 0.3) is 0 Å². The van der Waals surface area contributed by atoms with Gasteiger partial charge in [0.05, 0.1) is 15.9 Å². The number of nitrogens with one attached hydrogen (secondary N) is 5. The Hall–Kier alpha value is -4.95. The number of sulfonamides is 1. The largest absolute Gasteiger partial charge is 0.465 e. The molecule has 0 saturated heterocycles. The second-order valence-corrected chi connectivity index (χ2v) is 14.6. The van der Waals surface area contributed by atoms with Crippen molar-refractivity contribution in [2.24, 2.45) is 11.8 Å². The van der Waals surface area contributed by atoms with E-state index >= 15 is 0 Å². The minimum absolute atomic E-state index is 0.149. The van der Waals surface area contributed by atoms with E-state index in [0.717, 1.165) is 26.6 Å². The van der Waals surface area contributed by atoms with Gasteiger partial charge in [-0.25, -0.2) is 22.3 Å². The summed E-state index contributed by atoms with van der Waals surface area (Å²) in [5, 5.41) is 17.2. The van der Waals surface area contributed by atoms with E-state index in [2.05, 4.69) is 25.9 Å². The number of carboxylic acid groups (broad SMARTS) is 1. The van der Waals surface area contributed by atoms with Crippen molar-refractivity contribution < 1.29 is 27.9 Å². The van der Waals surface area contributed by atoms with Crippen molar-refractivity contribution in [3.05, 3.63) is 82.3 Å². The molecule has 13 nitrogen and oxygen atoms in total. The molecule has 48 heavy (non-hydrogen) atoms. The molecule has 3 aromatic carbocycles. The van der Waals surface area contributed by atoms with Crippen molar-refractivity contribution in [2.45, 2.75) is 50.0 Å². The molecule has 6 N–H and O–H groups in total. The summed E-state index contributed by atoms with van der Waals surface area (Å²) in [4.78, 5) is 55.4. The molecule has 1 heterocycles. The van der Waals surface area contributed by atoms with Gasteiger partial charge in [-0.2, -0.15) is 0 Å². The van der Waals surface area contributed by atoms with Crippen LogP contribution in [0.5, 0.6) is 0 Å². The molecule has 0 spiro atoms. The van der Waals surface area contributed by atoms with Gasteiger partial charge in [0.15, 0.2) is 0 Å². The number of hydrogen-bond donors (Lipinski definition) is 6. The third kappa shape index (κ3) is 8.12. The van der Waals surface area contributed by atoms with Gasteiger partial charge < -0.3 is 31.0 Å². The molecule has 3 amide bonds. The first kappa shape index (κ1) is 34.4. The molecule has 1 atom stereocenters. The van der Waals surface area contributed by atoms with Crippen LogP contribution in [0.4, 0.5) is 10.5 Å². The minimum Gasteiger partial charge on any atom is -0.465 e. The average Bonchev–Trinajstić information content (AvgIpc) is 3.43. The molecule has 0 unspecified atom stereocenters. The fraction of sp³-hybridized carbons (Fsp3) is 0.353. The van der Waals surface area contributed by atoms with Crippen LogP contribution in [-0.2, 0) is 26.0 Å². The lowest BCUT2D eigenvalue weighted by molar-refractivity contribution is -0.130. The van der Waals surface area contributed by atoms with E-state index in [9.17, 15) is 27.6 Å². The van der Waals surface area contributed by atoms with Gasteiger partial charge >= 0.3 is 11.8 Å². The summed E-state index contributed by atoms with van der Waals surface area (Å²) in [6, 6.07) is 16.4. The normalized spacial score (nSPS) is 17.2. The van der Waals surface area contributed by atoms with Crippen LogP contribution >= 0.6 is 0 Å². The molecule has 1 aliphatic rings. The Morgan fingerprint density at radius 2 is 1.69 bits per heavy atom. The summed E-state index contributed by atoms with van der Waals surface area (Å²) in [6.07, 6.45) is 1.61. The molecule has 1 aliphatic carbocycles. The number of rotatable bonds is 11. The highest BCUT2D eigenvalue weighted by Crippen LogP contribution is 2.30. The zero-order chi connectivity index (χ0) is 34.6. The van der Waals surface area contributed by atoms with Crippen molar-refractivity contribution in [1.82, 2.24) is 24.9 Å². The van der Waals surface area contributed by atoms with Crippen LogP contribution in [0.1, 0.15) is 36.8 Å². The Morgan fingerprint density at radius 3 is 2.40 bits per heavy atom. The first-order chi connectivity index (χ1) is 22.8. The molecule has 1 saturated carbocycles. The van der Waals surface area contributed by atoms with Crippen LogP contribution < -0.4 is 21.6 Å². The maximum atomic E-state index is 13.8. The average molecular weight is 677 g/mol. The molecule has 4 aromatic rings. The number of benzene rings is 3. The highest BCUT2D eigenvalue weighted by Gasteiger charge is 2.30. The zero-order valence-electron chi connectivity index (χ0n) is 27.0. The Morgan fingerprint density at radius 1 is 0.958 bits per heavy atom. The number of anilines is 1. The van der Waals surface area contributed by atoms with Gasteiger partial charge in [-0.3, -0.25) is 9.59 Å². The molecule has 1 aromatic heterocycles. The number of nitrogens with zero attached hydrogens (tertiary/aromatic N) is 1. The molecular weight excluding hydrogens is 636 g/mol. The van der Waals surface area contributed by atoms with Crippen LogP contribution in [0.15, 0.2) is 70.4 Å². The Balaban J connectivity index is 1.38. The number of aromatic nitrogens is 2. The number of carbonyl (C=O) groups excluding carboxylic acids is 2. The number of amides is 3. The number of hydrogen-bond acceptors (Lipinski definition) is 6.